The van der Waals surface area contributed by atoms with Crippen molar-refractivity contribution < 1.29 is 8.95 Å². The van der Waals surface area contributed by atoms with Crippen LogP contribution in [0.25, 0.3) is 22.5 Å². The summed E-state index contributed by atoms with van der Waals surface area (Å²) in [6.07, 6.45) is 1.68. The van der Waals surface area contributed by atoms with E-state index in [1.165, 1.54) is 0 Å². The standard InChI is InChI=1S/C24H22N2O2S/c1-28-21-15-13-18(14-16-21)17-26-23(20-11-7-4-8-12-20)22(25-24(26)29(2)27)19-9-5-3-6-10-19/h3-16H,17H2,1-2H3/t29-/m0/s1. The van der Waals surface area contributed by atoms with Crippen LogP contribution >= 0.6 is 0 Å². The maximum absolute atomic E-state index is 12.6. The second kappa shape index (κ2) is 8.45. The Morgan fingerprint density at radius 3 is 2.00 bits per heavy atom. The largest absolute Gasteiger partial charge is 0.497 e. The first kappa shape index (κ1) is 19.2. The zero-order valence-electron chi connectivity index (χ0n) is 16.4. The predicted octanol–water partition coefficient (Wildman–Crippen LogP) is 5.01. The van der Waals surface area contributed by atoms with Gasteiger partial charge in [-0.2, -0.15) is 0 Å². The molecule has 0 amide bonds. The van der Waals surface area contributed by atoms with Crippen molar-refractivity contribution >= 4 is 10.8 Å². The third kappa shape index (κ3) is 4.00. The first-order chi connectivity index (χ1) is 14.2. The van der Waals surface area contributed by atoms with E-state index in [9.17, 15) is 4.21 Å². The minimum Gasteiger partial charge on any atom is -0.497 e. The number of rotatable bonds is 6. The maximum Gasteiger partial charge on any atom is 0.200 e. The van der Waals surface area contributed by atoms with Gasteiger partial charge >= 0.3 is 0 Å². The van der Waals surface area contributed by atoms with Crippen molar-refractivity contribution in [2.75, 3.05) is 13.4 Å². The number of aromatic nitrogens is 2. The number of hydrogen-bond acceptors (Lipinski definition) is 3. The molecule has 4 nitrogen and oxygen atoms in total. The molecular weight excluding hydrogens is 380 g/mol. The molecule has 0 spiro atoms. The third-order valence-corrected chi connectivity index (χ3v) is 5.61. The van der Waals surface area contributed by atoms with Crippen LogP contribution in [-0.2, 0) is 17.3 Å². The smallest absolute Gasteiger partial charge is 0.200 e. The van der Waals surface area contributed by atoms with Gasteiger partial charge in [0.2, 0.25) is 0 Å². The monoisotopic (exact) mass is 402 g/mol. The molecule has 146 valence electrons. The van der Waals surface area contributed by atoms with Crippen LogP contribution in [-0.4, -0.2) is 27.1 Å². The molecule has 0 N–H and O–H groups in total. The fourth-order valence-corrected chi connectivity index (χ4v) is 4.08. The Morgan fingerprint density at radius 1 is 0.862 bits per heavy atom. The molecule has 4 rings (SSSR count). The average molecular weight is 403 g/mol. The number of nitrogens with zero attached hydrogens (tertiary/aromatic N) is 2. The van der Waals surface area contributed by atoms with Crippen molar-refractivity contribution in [1.82, 2.24) is 9.55 Å². The van der Waals surface area contributed by atoms with E-state index in [0.29, 0.717) is 11.7 Å². The van der Waals surface area contributed by atoms with Crippen LogP contribution in [0.1, 0.15) is 5.56 Å². The van der Waals surface area contributed by atoms with Crippen LogP contribution in [0.15, 0.2) is 90.1 Å². The highest BCUT2D eigenvalue weighted by molar-refractivity contribution is 7.84. The molecule has 0 aliphatic carbocycles. The van der Waals surface area contributed by atoms with Crippen molar-refractivity contribution in [2.24, 2.45) is 0 Å². The SMILES string of the molecule is COc1ccc(Cn2c([S@](C)=O)nc(-c3ccccc3)c2-c2ccccc2)cc1. The van der Waals surface area contributed by atoms with E-state index in [4.69, 9.17) is 9.72 Å². The highest BCUT2D eigenvalue weighted by Crippen LogP contribution is 2.34. The maximum atomic E-state index is 12.6. The molecule has 0 aliphatic heterocycles. The molecule has 5 heteroatoms. The normalized spacial score (nSPS) is 11.9. The summed E-state index contributed by atoms with van der Waals surface area (Å²) in [6, 6.07) is 28.1. The molecule has 1 heterocycles. The van der Waals surface area contributed by atoms with Gasteiger partial charge in [0.05, 0.1) is 35.8 Å². The van der Waals surface area contributed by atoms with E-state index in [2.05, 4.69) is 16.7 Å². The van der Waals surface area contributed by atoms with Gasteiger partial charge in [-0.05, 0) is 17.7 Å². The molecule has 4 aromatic rings. The Morgan fingerprint density at radius 2 is 1.45 bits per heavy atom. The number of ether oxygens (including phenoxy) is 1. The molecule has 1 atom stereocenters. The van der Waals surface area contributed by atoms with E-state index in [0.717, 1.165) is 33.8 Å². The molecule has 3 aromatic carbocycles. The lowest BCUT2D eigenvalue weighted by atomic mass is 10.0. The summed E-state index contributed by atoms with van der Waals surface area (Å²) in [5, 5.41) is 0.568. The molecule has 0 unspecified atom stereocenters. The van der Waals surface area contributed by atoms with Gasteiger partial charge in [0.15, 0.2) is 5.16 Å². The van der Waals surface area contributed by atoms with Gasteiger partial charge in [-0.15, -0.1) is 0 Å². The fourth-order valence-electron chi connectivity index (χ4n) is 3.40. The van der Waals surface area contributed by atoms with Crippen molar-refractivity contribution in [3.8, 4) is 28.3 Å². The minimum absolute atomic E-state index is 0.568. The number of imidazole rings is 1. The first-order valence-corrected chi connectivity index (χ1v) is 10.9. The van der Waals surface area contributed by atoms with Gasteiger partial charge < -0.3 is 9.30 Å². The zero-order chi connectivity index (χ0) is 20.2. The van der Waals surface area contributed by atoms with Crippen LogP contribution < -0.4 is 4.74 Å². The molecular formula is C24H22N2O2S. The minimum atomic E-state index is -1.23. The Labute approximate surface area is 173 Å². The summed E-state index contributed by atoms with van der Waals surface area (Å²) in [6.45, 7) is 0.572. The summed E-state index contributed by atoms with van der Waals surface area (Å²) in [7, 11) is 0.426. The summed E-state index contributed by atoms with van der Waals surface area (Å²) < 4.78 is 19.9. The lowest BCUT2D eigenvalue weighted by Gasteiger charge is -2.13. The highest BCUT2D eigenvalue weighted by atomic mass is 32.2. The van der Waals surface area contributed by atoms with E-state index in [1.807, 2.05) is 72.8 Å². The fraction of sp³-hybridized carbons (Fsp3) is 0.125. The van der Waals surface area contributed by atoms with Gasteiger partial charge in [0, 0.05) is 17.4 Å². The average Bonchev–Trinajstić information content (AvgIpc) is 3.15. The Balaban J connectivity index is 1.92. The first-order valence-electron chi connectivity index (χ1n) is 9.35. The quantitative estimate of drug-likeness (QED) is 0.455. The molecule has 1 aromatic heterocycles. The molecule has 29 heavy (non-hydrogen) atoms. The van der Waals surface area contributed by atoms with E-state index in [1.54, 1.807) is 13.4 Å². The lowest BCUT2D eigenvalue weighted by molar-refractivity contribution is 0.414. The van der Waals surface area contributed by atoms with Crippen molar-refractivity contribution in [1.29, 1.82) is 0 Å². The lowest BCUT2D eigenvalue weighted by Crippen LogP contribution is -2.08. The molecule has 0 saturated carbocycles. The van der Waals surface area contributed by atoms with Crippen molar-refractivity contribution in [3.05, 3.63) is 90.5 Å². The topological polar surface area (TPSA) is 44.1 Å². The second-order valence-electron chi connectivity index (χ2n) is 6.71. The molecule has 0 radical (unpaired) electrons. The Kier molecular flexibility index (Phi) is 5.58. The van der Waals surface area contributed by atoms with Crippen LogP contribution in [0.3, 0.4) is 0 Å². The van der Waals surface area contributed by atoms with E-state index < -0.39 is 10.8 Å². The van der Waals surface area contributed by atoms with Gasteiger partial charge in [0.1, 0.15) is 5.75 Å². The van der Waals surface area contributed by atoms with Gasteiger partial charge in [-0.1, -0.05) is 72.8 Å². The van der Waals surface area contributed by atoms with E-state index in [-0.39, 0.29) is 0 Å². The van der Waals surface area contributed by atoms with Crippen LogP contribution in [0.5, 0.6) is 5.75 Å². The van der Waals surface area contributed by atoms with Crippen molar-refractivity contribution in [2.45, 2.75) is 11.7 Å². The Hall–Kier alpha value is -3.18. The summed E-state index contributed by atoms with van der Waals surface area (Å²) >= 11 is 0. The van der Waals surface area contributed by atoms with Gasteiger partial charge in [0.25, 0.3) is 0 Å². The summed E-state index contributed by atoms with van der Waals surface area (Å²) in [5.41, 5.74) is 4.95. The summed E-state index contributed by atoms with van der Waals surface area (Å²) in [5.74, 6) is 0.812. The van der Waals surface area contributed by atoms with E-state index >= 15 is 0 Å². The Bertz CT molecular complexity index is 1120. The highest BCUT2D eigenvalue weighted by Gasteiger charge is 2.22. The van der Waals surface area contributed by atoms with Gasteiger partial charge in [-0.3, -0.25) is 4.21 Å². The number of methoxy groups -OCH3 is 1. The molecule has 0 aliphatic rings. The summed E-state index contributed by atoms with van der Waals surface area (Å²) in [4.78, 5) is 4.82. The number of benzene rings is 3. The molecule has 0 bridgehead atoms. The zero-order valence-corrected chi connectivity index (χ0v) is 17.2. The predicted molar refractivity (Wildman–Crippen MR) is 118 cm³/mol. The van der Waals surface area contributed by atoms with Crippen LogP contribution in [0.4, 0.5) is 0 Å². The second-order valence-corrected chi connectivity index (χ2v) is 7.99. The number of hydrogen-bond donors (Lipinski definition) is 0. The molecule has 0 saturated heterocycles. The third-order valence-electron chi connectivity index (χ3n) is 4.78. The van der Waals surface area contributed by atoms with Crippen LogP contribution in [0, 0.1) is 0 Å². The van der Waals surface area contributed by atoms with Crippen molar-refractivity contribution in [3.63, 3.8) is 0 Å². The van der Waals surface area contributed by atoms with Crippen LogP contribution in [0.2, 0.25) is 0 Å². The van der Waals surface area contributed by atoms with Gasteiger partial charge in [-0.25, -0.2) is 4.98 Å². The molecule has 0 fully saturated rings.